The highest BCUT2D eigenvalue weighted by Crippen LogP contribution is 2.44. The van der Waals surface area contributed by atoms with Crippen molar-refractivity contribution in [2.75, 3.05) is 13.2 Å². The van der Waals surface area contributed by atoms with Crippen molar-refractivity contribution in [2.45, 2.75) is 5.92 Å². The van der Waals surface area contributed by atoms with E-state index in [1.165, 1.54) is 0 Å². The standard InChI is InChI=1S/C23H18N4O4/c28-22(31-27-21-12-6-5-11-20(21)25-26-27)13-24-23(29)30-14-19-17-9-3-1-7-15(17)16-8-2-4-10-18(16)19/h1-12,19H,13-14H2,(H,24,29). The first-order valence-corrected chi connectivity index (χ1v) is 9.81. The van der Waals surface area contributed by atoms with Crippen LogP contribution >= 0.6 is 0 Å². The molecule has 1 N–H and O–H groups in total. The van der Waals surface area contributed by atoms with E-state index in [1.54, 1.807) is 18.2 Å². The monoisotopic (exact) mass is 414 g/mol. The first-order chi connectivity index (χ1) is 15.2. The van der Waals surface area contributed by atoms with Gasteiger partial charge in [-0.2, -0.15) is 0 Å². The summed E-state index contributed by atoms with van der Waals surface area (Å²) >= 11 is 0. The fourth-order valence-corrected chi connectivity index (χ4v) is 3.84. The molecular formula is C23H18N4O4. The number of rotatable bonds is 5. The number of hydrogen-bond donors (Lipinski definition) is 1. The lowest BCUT2D eigenvalue weighted by atomic mass is 9.98. The van der Waals surface area contributed by atoms with Crippen LogP contribution in [-0.2, 0) is 9.53 Å². The summed E-state index contributed by atoms with van der Waals surface area (Å²) < 4.78 is 5.40. The van der Waals surface area contributed by atoms with E-state index in [4.69, 9.17) is 9.57 Å². The summed E-state index contributed by atoms with van der Waals surface area (Å²) in [5, 5.41) is 10.1. The number of amides is 1. The summed E-state index contributed by atoms with van der Waals surface area (Å²) in [5.74, 6) is -0.740. The van der Waals surface area contributed by atoms with Crippen molar-refractivity contribution in [1.82, 2.24) is 20.5 Å². The SMILES string of the molecule is O=C(CNC(=O)OCC1c2ccccc2-c2ccccc21)On1nnc2ccccc21. The number of carbonyl (C=O) groups excluding carboxylic acids is 2. The molecule has 0 spiro atoms. The van der Waals surface area contributed by atoms with Crippen LogP contribution in [-0.4, -0.2) is 40.4 Å². The molecule has 0 aliphatic heterocycles. The van der Waals surface area contributed by atoms with Gasteiger partial charge in [0.25, 0.3) is 0 Å². The third kappa shape index (κ3) is 3.59. The van der Waals surface area contributed by atoms with Crippen molar-refractivity contribution in [3.63, 3.8) is 0 Å². The summed E-state index contributed by atoms with van der Waals surface area (Å²) in [7, 11) is 0. The Morgan fingerprint density at radius 1 is 0.903 bits per heavy atom. The van der Waals surface area contributed by atoms with E-state index in [0.29, 0.717) is 11.0 Å². The highest BCUT2D eigenvalue weighted by Gasteiger charge is 2.29. The van der Waals surface area contributed by atoms with Gasteiger partial charge in [-0.15, -0.1) is 5.10 Å². The van der Waals surface area contributed by atoms with Gasteiger partial charge < -0.3 is 14.9 Å². The molecule has 8 nitrogen and oxygen atoms in total. The second-order valence-corrected chi connectivity index (χ2v) is 7.09. The normalized spacial score (nSPS) is 12.3. The Hall–Kier alpha value is -4.20. The number of nitrogens with zero attached hydrogens (tertiary/aromatic N) is 3. The van der Waals surface area contributed by atoms with Gasteiger partial charge in [-0.05, 0) is 39.6 Å². The number of nitrogens with one attached hydrogen (secondary N) is 1. The Balaban J connectivity index is 1.18. The Morgan fingerprint density at radius 3 is 2.29 bits per heavy atom. The molecule has 3 aromatic carbocycles. The number of hydrogen-bond acceptors (Lipinski definition) is 6. The number of aromatic nitrogens is 3. The van der Waals surface area contributed by atoms with Gasteiger partial charge >= 0.3 is 12.1 Å². The van der Waals surface area contributed by atoms with E-state index >= 15 is 0 Å². The quantitative estimate of drug-likeness (QED) is 0.505. The number of benzene rings is 3. The number of ether oxygens (including phenoxy) is 1. The van der Waals surface area contributed by atoms with Crippen molar-refractivity contribution in [3.05, 3.63) is 83.9 Å². The molecule has 0 bridgehead atoms. The van der Waals surface area contributed by atoms with Crippen molar-refractivity contribution in [3.8, 4) is 11.1 Å². The van der Waals surface area contributed by atoms with E-state index in [0.717, 1.165) is 27.1 Å². The molecule has 1 amide bonds. The van der Waals surface area contributed by atoms with Gasteiger partial charge in [0, 0.05) is 5.92 Å². The van der Waals surface area contributed by atoms with Crippen LogP contribution in [0.25, 0.3) is 22.2 Å². The van der Waals surface area contributed by atoms with Crippen LogP contribution in [0.15, 0.2) is 72.8 Å². The maximum absolute atomic E-state index is 12.2. The summed E-state index contributed by atoms with van der Waals surface area (Å²) in [5.41, 5.74) is 5.69. The van der Waals surface area contributed by atoms with Crippen LogP contribution in [0.2, 0.25) is 0 Å². The molecule has 0 unspecified atom stereocenters. The van der Waals surface area contributed by atoms with E-state index in [1.807, 2.05) is 42.5 Å². The lowest BCUT2D eigenvalue weighted by molar-refractivity contribution is -0.144. The molecule has 31 heavy (non-hydrogen) atoms. The van der Waals surface area contributed by atoms with E-state index < -0.39 is 12.1 Å². The van der Waals surface area contributed by atoms with Gasteiger partial charge in [0.2, 0.25) is 0 Å². The van der Waals surface area contributed by atoms with Crippen molar-refractivity contribution >= 4 is 23.1 Å². The number of alkyl carbamates (subject to hydrolysis) is 1. The molecule has 0 saturated carbocycles. The first kappa shape index (κ1) is 18.8. The molecule has 1 heterocycles. The zero-order valence-electron chi connectivity index (χ0n) is 16.4. The highest BCUT2D eigenvalue weighted by molar-refractivity contribution is 5.80. The molecule has 0 saturated heterocycles. The zero-order chi connectivity index (χ0) is 21.2. The second-order valence-electron chi connectivity index (χ2n) is 7.09. The maximum atomic E-state index is 12.2. The van der Waals surface area contributed by atoms with Gasteiger partial charge in [0.15, 0.2) is 0 Å². The van der Waals surface area contributed by atoms with E-state index in [-0.39, 0.29) is 19.1 Å². The molecule has 1 aliphatic carbocycles. The third-order valence-electron chi connectivity index (χ3n) is 5.23. The summed E-state index contributed by atoms with van der Waals surface area (Å²) in [4.78, 5) is 30.4. The van der Waals surface area contributed by atoms with Crippen molar-refractivity contribution < 1.29 is 19.2 Å². The van der Waals surface area contributed by atoms with Crippen molar-refractivity contribution in [1.29, 1.82) is 0 Å². The summed E-state index contributed by atoms with van der Waals surface area (Å²) in [6.07, 6.45) is -0.692. The van der Waals surface area contributed by atoms with Crippen LogP contribution in [0.5, 0.6) is 0 Å². The predicted octanol–water partition coefficient (Wildman–Crippen LogP) is 2.93. The van der Waals surface area contributed by atoms with Gasteiger partial charge in [-0.3, -0.25) is 0 Å². The van der Waals surface area contributed by atoms with Crippen LogP contribution < -0.4 is 10.2 Å². The maximum Gasteiger partial charge on any atom is 0.407 e. The molecule has 0 fully saturated rings. The minimum absolute atomic E-state index is 0.0494. The molecule has 8 heteroatoms. The molecule has 4 aromatic rings. The van der Waals surface area contributed by atoms with Crippen molar-refractivity contribution in [2.24, 2.45) is 0 Å². The van der Waals surface area contributed by atoms with Gasteiger partial charge in [0.05, 0.1) is 0 Å². The third-order valence-corrected chi connectivity index (χ3v) is 5.23. The molecule has 1 aliphatic rings. The van der Waals surface area contributed by atoms with E-state index in [2.05, 4.69) is 27.8 Å². The lowest BCUT2D eigenvalue weighted by Crippen LogP contribution is -2.35. The van der Waals surface area contributed by atoms with Crippen LogP contribution in [0, 0.1) is 0 Å². The minimum Gasteiger partial charge on any atom is -0.449 e. The number of fused-ring (bicyclic) bond motifs is 4. The van der Waals surface area contributed by atoms with Crippen LogP contribution in [0.4, 0.5) is 4.79 Å². The molecule has 154 valence electrons. The first-order valence-electron chi connectivity index (χ1n) is 9.81. The zero-order valence-corrected chi connectivity index (χ0v) is 16.4. The van der Waals surface area contributed by atoms with E-state index in [9.17, 15) is 9.59 Å². The average Bonchev–Trinajstić information content (AvgIpc) is 3.35. The van der Waals surface area contributed by atoms with Crippen LogP contribution in [0.1, 0.15) is 17.0 Å². The lowest BCUT2D eigenvalue weighted by Gasteiger charge is -2.14. The average molecular weight is 414 g/mol. The Morgan fingerprint density at radius 2 is 1.55 bits per heavy atom. The second kappa shape index (κ2) is 7.91. The van der Waals surface area contributed by atoms with Gasteiger partial charge in [-0.25, -0.2) is 9.59 Å². The minimum atomic E-state index is -0.692. The molecule has 5 rings (SSSR count). The smallest absolute Gasteiger partial charge is 0.407 e. The Bertz CT molecular complexity index is 1240. The fraction of sp³-hybridized carbons (Fsp3) is 0.130. The number of carbonyl (C=O) groups is 2. The highest BCUT2D eigenvalue weighted by atomic mass is 16.7. The van der Waals surface area contributed by atoms with Gasteiger partial charge in [-0.1, -0.05) is 65.5 Å². The molecule has 0 atom stereocenters. The topological polar surface area (TPSA) is 95.3 Å². The van der Waals surface area contributed by atoms with Gasteiger partial charge in [0.1, 0.15) is 24.2 Å². The molecule has 0 radical (unpaired) electrons. The molecular weight excluding hydrogens is 396 g/mol. The molecule has 1 aromatic heterocycles. The fourth-order valence-electron chi connectivity index (χ4n) is 3.84. The van der Waals surface area contributed by atoms with Crippen LogP contribution in [0.3, 0.4) is 0 Å². The Labute approximate surface area is 177 Å². The summed E-state index contributed by atoms with van der Waals surface area (Å²) in [6, 6.07) is 23.2. The predicted molar refractivity (Wildman–Crippen MR) is 112 cm³/mol. The number of para-hydroxylation sites is 1. The Kier molecular flexibility index (Phi) is 4.80. The summed E-state index contributed by atoms with van der Waals surface area (Å²) in [6.45, 7) is -0.187. The largest absolute Gasteiger partial charge is 0.449 e.